The molecule has 1 aromatic rings. The first-order chi connectivity index (χ1) is 9.83. The Balaban J connectivity index is 2.09. The quantitative estimate of drug-likeness (QED) is 0.799. The summed E-state index contributed by atoms with van der Waals surface area (Å²) in [6.07, 6.45) is 0.864. The molecule has 2 rings (SSSR count). The third-order valence-electron chi connectivity index (χ3n) is 3.67. The van der Waals surface area contributed by atoms with Crippen LogP contribution in [0, 0.1) is 17.6 Å². The summed E-state index contributed by atoms with van der Waals surface area (Å²) >= 11 is 0. The molecule has 1 aliphatic rings. The zero-order valence-electron chi connectivity index (χ0n) is 11.8. The van der Waals surface area contributed by atoms with Gasteiger partial charge >= 0.3 is 0 Å². The molecule has 1 atom stereocenters. The number of benzene rings is 1. The van der Waals surface area contributed by atoms with E-state index >= 15 is 0 Å². The minimum atomic E-state index is -4.22. The lowest BCUT2D eigenvalue weighted by Gasteiger charge is -2.14. The van der Waals surface area contributed by atoms with E-state index in [2.05, 4.69) is 9.62 Å². The van der Waals surface area contributed by atoms with E-state index in [1.165, 1.54) is 0 Å². The van der Waals surface area contributed by atoms with Gasteiger partial charge in [-0.25, -0.2) is 21.9 Å². The van der Waals surface area contributed by atoms with Crippen molar-refractivity contribution in [2.24, 2.45) is 5.92 Å². The van der Waals surface area contributed by atoms with Crippen molar-refractivity contribution in [2.75, 3.05) is 31.9 Å². The summed E-state index contributed by atoms with van der Waals surface area (Å²) in [5, 5.41) is 0. The fraction of sp³-hybridized carbons (Fsp3) is 0.538. The predicted octanol–water partition coefficient (Wildman–Crippen LogP) is 1.17. The van der Waals surface area contributed by atoms with Crippen LogP contribution in [0.4, 0.5) is 14.5 Å². The minimum absolute atomic E-state index is 0.152. The van der Waals surface area contributed by atoms with Gasteiger partial charge in [-0.3, -0.25) is 0 Å². The lowest BCUT2D eigenvalue weighted by atomic mass is 10.1. The van der Waals surface area contributed by atoms with E-state index in [1.807, 2.05) is 6.92 Å². The van der Waals surface area contributed by atoms with Crippen molar-refractivity contribution in [3.05, 3.63) is 23.8 Å². The van der Waals surface area contributed by atoms with Crippen LogP contribution in [0.25, 0.3) is 0 Å². The van der Waals surface area contributed by atoms with Crippen LogP contribution in [0.5, 0.6) is 0 Å². The van der Waals surface area contributed by atoms with Crippen LogP contribution < -0.4 is 10.5 Å². The maximum atomic E-state index is 13.7. The van der Waals surface area contributed by atoms with E-state index in [0.717, 1.165) is 38.2 Å². The summed E-state index contributed by atoms with van der Waals surface area (Å²) in [7, 11) is -4.22. The molecule has 0 spiro atoms. The Morgan fingerprint density at radius 1 is 1.38 bits per heavy atom. The van der Waals surface area contributed by atoms with Gasteiger partial charge in [-0.05, 0) is 37.6 Å². The van der Waals surface area contributed by atoms with E-state index < -0.39 is 26.6 Å². The maximum absolute atomic E-state index is 13.7. The highest BCUT2D eigenvalue weighted by Crippen LogP contribution is 2.22. The SMILES string of the molecule is CCN1CCC(CNS(=O)(=O)c2c(F)cc(N)cc2F)C1. The summed E-state index contributed by atoms with van der Waals surface area (Å²) in [6, 6.07) is 1.60. The molecular formula is C13H19F2N3O2S. The lowest BCUT2D eigenvalue weighted by molar-refractivity contribution is 0.342. The summed E-state index contributed by atoms with van der Waals surface area (Å²) in [6.45, 7) is 4.80. The smallest absolute Gasteiger partial charge is 0.246 e. The van der Waals surface area contributed by atoms with Crippen molar-refractivity contribution in [3.63, 3.8) is 0 Å². The number of nitrogens with zero attached hydrogens (tertiary/aromatic N) is 1. The zero-order chi connectivity index (χ0) is 15.6. The molecule has 1 heterocycles. The molecule has 0 bridgehead atoms. The number of nitrogen functional groups attached to an aromatic ring is 1. The first kappa shape index (κ1) is 16.1. The highest BCUT2D eigenvalue weighted by molar-refractivity contribution is 7.89. The number of sulfonamides is 1. The second-order valence-corrected chi connectivity index (χ2v) is 6.92. The Morgan fingerprint density at radius 2 is 2.00 bits per heavy atom. The normalized spacial score (nSPS) is 20.0. The molecule has 118 valence electrons. The van der Waals surface area contributed by atoms with Gasteiger partial charge < -0.3 is 10.6 Å². The molecule has 3 N–H and O–H groups in total. The third kappa shape index (κ3) is 3.69. The van der Waals surface area contributed by atoms with Gasteiger partial charge in [0.2, 0.25) is 10.0 Å². The molecule has 8 heteroatoms. The van der Waals surface area contributed by atoms with E-state index in [4.69, 9.17) is 5.73 Å². The van der Waals surface area contributed by atoms with E-state index in [1.54, 1.807) is 0 Å². The Morgan fingerprint density at radius 3 is 2.52 bits per heavy atom. The average Bonchev–Trinajstić information content (AvgIpc) is 2.82. The lowest BCUT2D eigenvalue weighted by Crippen LogP contribution is -2.32. The summed E-state index contributed by atoms with van der Waals surface area (Å²) in [4.78, 5) is 1.23. The molecule has 1 fully saturated rings. The topological polar surface area (TPSA) is 75.4 Å². The van der Waals surface area contributed by atoms with Crippen molar-refractivity contribution in [1.29, 1.82) is 0 Å². The molecule has 0 radical (unpaired) electrons. The number of rotatable bonds is 5. The molecule has 0 amide bonds. The van der Waals surface area contributed by atoms with E-state index in [9.17, 15) is 17.2 Å². The number of hydrogen-bond donors (Lipinski definition) is 2. The van der Waals surface area contributed by atoms with Gasteiger partial charge in [0.1, 0.15) is 11.6 Å². The number of likely N-dealkylation sites (tertiary alicyclic amines) is 1. The number of anilines is 1. The van der Waals surface area contributed by atoms with Crippen LogP contribution in [0.15, 0.2) is 17.0 Å². The Kier molecular flexibility index (Phi) is 4.80. The van der Waals surface area contributed by atoms with Crippen molar-refractivity contribution in [3.8, 4) is 0 Å². The number of nitrogens with two attached hydrogens (primary N) is 1. The van der Waals surface area contributed by atoms with Crippen LogP contribution >= 0.6 is 0 Å². The third-order valence-corrected chi connectivity index (χ3v) is 5.14. The first-order valence-corrected chi connectivity index (χ1v) is 8.28. The molecule has 1 aromatic carbocycles. The van der Waals surface area contributed by atoms with Gasteiger partial charge in [0, 0.05) is 18.8 Å². The standard InChI is InChI=1S/C13H19F2N3O2S/c1-2-18-4-3-9(8-18)7-17-21(19,20)13-11(14)5-10(16)6-12(13)15/h5-6,9,17H,2-4,7-8,16H2,1H3. The first-order valence-electron chi connectivity index (χ1n) is 6.80. The minimum Gasteiger partial charge on any atom is -0.399 e. The largest absolute Gasteiger partial charge is 0.399 e. The van der Waals surface area contributed by atoms with Crippen LogP contribution in [0.3, 0.4) is 0 Å². The van der Waals surface area contributed by atoms with E-state index in [-0.39, 0.29) is 18.2 Å². The summed E-state index contributed by atoms with van der Waals surface area (Å²) < 4.78 is 53.7. The van der Waals surface area contributed by atoms with Crippen molar-refractivity contribution in [1.82, 2.24) is 9.62 Å². The molecule has 1 saturated heterocycles. The fourth-order valence-electron chi connectivity index (χ4n) is 2.50. The van der Waals surface area contributed by atoms with Crippen molar-refractivity contribution < 1.29 is 17.2 Å². The Labute approximate surface area is 123 Å². The Hall–Kier alpha value is -1.25. The number of halogens is 2. The van der Waals surface area contributed by atoms with Gasteiger partial charge in [-0.15, -0.1) is 0 Å². The zero-order valence-corrected chi connectivity index (χ0v) is 12.6. The highest BCUT2D eigenvalue weighted by atomic mass is 32.2. The second-order valence-electron chi connectivity index (χ2n) is 5.21. The van der Waals surface area contributed by atoms with Gasteiger partial charge in [0.25, 0.3) is 0 Å². The number of hydrogen-bond acceptors (Lipinski definition) is 4. The maximum Gasteiger partial charge on any atom is 0.246 e. The monoisotopic (exact) mass is 319 g/mol. The van der Waals surface area contributed by atoms with Gasteiger partial charge in [-0.2, -0.15) is 0 Å². The van der Waals surface area contributed by atoms with Crippen LogP contribution in [-0.4, -0.2) is 39.5 Å². The Bertz CT molecular complexity index is 599. The van der Waals surface area contributed by atoms with Gasteiger partial charge in [-0.1, -0.05) is 6.92 Å². The highest BCUT2D eigenvalue weighted by Gasteiger charge is 2.27. The van der Waals surface area contributed by atoms with Crippen LogP contribution in [0.2, 0.25) is 0 Å². The van der Waals surface area contributed by atoms with Crippen LogP contribution in [0.1, 0.15) is 13.3 Å². The molecule has 0 aromatic heterocycles. The van der Waals surface area contributed by atoms with Crippen molar-refractivity contribution in [2.45, 2.75) is 18.2 Å². The molecule has 21 heavy (non-hydrogen) atoms. The fourth-order valence-corrected chi connectivity index (χ4v) is 3.73. The van der Waals surface area contributed by atoms with Crippen molar-refractivity contribution >= 4 is 15.7 Å². The van der Waals surface area contributed by atoms with Gasteiger partial charge in [0.15, 0.2) is 4.90 Å². The number of nitrogens with one attached hydrogen (secondary N) is 1. The molecule has 1 unspecified atom stereocenters. The molecule has 5 nitrogen and oxygen atoms in total. The summed E-state index contributed by atoms with van der Waals surface area (Å²) in [5.74, 6) is -2.21. The molecule has 0 aliphatic carbocycles. The summed E-state index contributed by atoms with van der Waals surface area (Å²) in [5.41, 5.74) is 5.12. The van der Waals surface area contributed by atoms with Gasteiger partial charge in [0.05, 0.1) is 0 Å². The average molecular weight is 319 g/mol. The predicted molar refractivity (Wildman–Crippen MR) is 76.2 cm³/mol. The van der Waals surface area contributed by atoms with Crippen LogP contribution in [-0.2, 0) is 10.0 Å². The molecule has 1 aliphatic heterocycles. The van der Waals surface area contributed by atoms with E-state index in [0.29, 0.717) is 0 Å². The molecular weight excluding hydrogens is 300 g/mol. The molecule has 0 saturated carbocycles. The second kappa shape index (κ2) is 6.25.